The van der Waals surface area contributed by atoms with Gasteiger partial charge in [0.2, 0.25) is 0 Å². The Hall–Kier alpha value is -1.87. The summed E-state index contributed by atoms with van der Waals surface area (Å²) >= 11 is 0. The molecule has 0 radical (unpaired) electrons. The van der Waals surface area contributed by atoms with Crippen LogP contribution in [0.1, 0.15) is 33.3 Å². The molecule has 0 amide bonds. The van der Waals surface area contributed by atoms with E-state index in [0.29, 0.717) is 32.2 Å². The summed E-state index contributed by atoms with van der Waals surface area (Å²) in [6.07, 6.45) is 0. The summed E-state index contributed by atoms with van der Waals surface area (Å²) < 4.78 is 11.4. The van der Waals surface area contributed by atoms with Crippen LogP contribution in [0.15, 0.2) is 29.3 Å². The molecule has 1 saturated heterocycles. The molecule has 0 aromatic heterocycles. The molecule has 0 aliphatic carbocycles. The lowest BCUT2D eigenvalue weighted by Crippen LogP contribution is -2.52. The van der Waals surface area contributed by atoms with Crippen LogP contribution in [0.25, 0.3) is 0 Å². The number of hydrogen-bond acceptors (Lipinski definition) is 6. The quantitative estimate of drug-likeness (QED) is 0.311. The second kappa shape index (κ2) is 14.3. The Bertz CT molecular complexity index is 673. The Morgan fingerprint density at radius 2 is 1.91 bits per heavy atom. The van der Waals surface area contributed by atoms with E-state index in [0.717, 1.165) is 63.8 Å². The molecule has 1 fully saturated rings. The van der Waals surface area contributed by atoms with E-state index >= 15 is 0 Å². The van der Waals surface area contributed by atoms with Gasteiger partial charge in [-0.25, -0.2) is 4.99 Å². The Kier molecular flexibility index (Phi) is 11.8. The Balaban J connectivity index is 1.91. The van der Waals surface area contributed by atoms with Gasteiger partial charge >= 0.3 is 0 Å². The molecular weight excluding hydrogens is 406 g/mol. The lowest BCUT2D eigenvalue weighted by Gasteiger charge is -2.34. The largest absolute Gasteiger partial charge is 0.492 e. The van der Waals surface area contributed by atoms with Crippen LogP contribution in [0.4, 0.5) is 0 Å². The first kappa shape index (κ1) is 26.4. The third-order valence-electron chi connectivity index (χ3n) is 5.59. The van der Waals surface area contributed by atoms with Crippen molar-refractivity contribution in [2.45, 2.75) is 39.8 Å². The number of hydrogen-bond donors (Lipinski definition) is 3. The topological polar surface area (TPSA) is 81.6 Å². The van der Waals surface area contributed by atoms with Crippen molar-refractivity contribution in [2.24, 2.45) is 4.99 Å². The molecule has 32 heavy (non-hydrogen) atoms. The Labute approximate surface area is 194 Å². The summed E-state index contributed by atoms with van der Waals surface area (Å²) in [4.78, 5) is 9.31. The number of benzene rings is 1. The number of morpholine rings is 1. The van der Waals surface area contributed by atoms with Crippen LogP contribution in [0.2, 0.25) is 0 Å². The zero-order valence-electron chi connectivity index (χ0n) is 20.4. The number of ether oxygens (including phenoxy) is 2. The minimum Gasteiger partial charge on any atom is -0.492 e. The predicted molar refractivity (Wildman–Crippen MR) is 130 cm³/mol. The number of nitrogens with one attached hydrogen (secondary N) is 2. The zero-order chi connectivity index (χ0) is 23.2. The molecule has 1 aliphatic rings. The van der Waals surface area contributed by atoms with Crippen molar-refractivity contribution in [1.29, 1.82) is 0 Å². The number of para-hydroxylation sites is 1. The number of aliphatic imine (C=N–C) groups is 1. The van der Waals surface area contributed by atoms with Crippen LogP contribution < -0.4 is 15.4 Å². The summed E-state index contributed by atoms with van der Waals surface area (Å²) in [5, 5.41) is 17.4. The molecule has 0 spiro atoms. The lowest BCUT2D eigenvalue weighted by molar-refractivity contribution is -0.0201. The highest BCUT2D eigenvalue weighted by Crippen LogP contribution is 2.19. The minimum atomic E-state index is -0.862. The highest BCUT2D eigenvalue weighted by molar-refractivity contribution is 5.79. The first-order valence-corrected chi connectivity index (χ1v) is 11.9. The van der Waals surface area contributed by atoms with Crippen LogP contribution in [-0.2, 0) is 11.3 Å². The number of nitrogens with zero attached hydrogens (tertiary/aromatic N) is 3. The molecule has 0 saturated carbocycles. The smallest absolute Gasteiger partial charge is 0.191 e. The number of aliphatic hydroxyl groups is 1. The average molecular weight is 450 g/mol. The van der Waals surface area contributed by atoms with Gasteiger partial charge in [0.25, 0.3) is 0 Å². The van der Waals surface area contributed by atoms with Gasteiger partial charge in [-0.3, -0.25) is 4.90 Å². The number of guanidine groups is 1. The van der Waals surface area contributed by atoms with E-state index in [1.165, 1.54) is 0 Å². The third kappa shape index (κ3) is 9.73. The maximum absolute atomic E-state index is 10.8. The Morgan fingerprint density at radius 3 is 2.59 bits per heavy atom. The van der Waals surface area contributed by atoms with E-state index in [1.54, 1.807) is 0 Å². The normalized spacial score (nSPS) is 17.2. The molecule has 0 bridgehead atoms. The molecule has 182 valence electrons. The number of rotatable bonds is 13. The fourth-order valence-electron chi connectivity index (χ4n) is 3.68. The van der Waals surface area contributed by atoms with Crippen molar-refractivity contribution >= 4 is 5.96 Å². The molecule has 3 N–H and O–H groups in total. The van der Waals surface area contributed by atoms with Gasteiger partial charge in [0.15, 0.2) is 5.96 Å². The van der Waals surface area contributed by atoms with Gasteiger partial charge in [-0.05, 0) is 33.0 Å². The first-order valence-electron chi connectivity index (χ1n) is 11.9. The van der Waals surface area contributed by atoms with Crippen molar-refractivity contribution in [3.63, 3.8) is 0 Å². The van der Waals surface area contributed by atoms with E-state index in [1.807, 2.05) is 38.1 Å². The summed E-state index contributed by atoms with van der Waals surface area (Å²) in [7, 11) is 0. The van der Waals surface area contributed by atoms with Gasteiger partial charge in [-0.2, -0.15) is 0 Å². The fourth-order valence-corrected chi connectivity index (χ4v) is 3.68. The molecule has 1 aromatic carbocycles. The van der Waals surface area contributed by atoms with E-state index in [9.17, 15) is 5.11 Å². The molecule has 1 unspecified atom stereocenters. The predicted octanol–water partition coefficient (Wildman–Crippen LogP) is 1.55. The SMILES string of the molecule is CCNC(=NCc1ccccc1OCCN(CC)CC)NCC(C)(O)CN1CCOCC1. The Morgan fingerprint density at radius 1 is 1.19 bits per heavy atom. The molecule has 8 nitrogen and oxygen atoms in total. The second-order valence-corrected chi connectivity index (χ2v) is 8.42. The zero-order valence-corrected chi connectivity index (χ0v) is 20.4. The number of likely N-dealkylation sites (N-methyl/N-ethyl adjacent to an activating group) is 1. The monoisotopic (exact) mass is 449 g/mol. The minimum absolute atomic E-state index is 0.415. The molecule has 1 heterocycles. The van der Waals surface area contributed by atoms with Gasteiger partial charge in [-0.1, -0.05) is 32.0 Å². The van der Waals surface area contributed by atoms with E-state index in [2.05, 4.69) is 34.3 Å². The maximum atomic E-state index is 10.8. The highest BCUT2D eigenvalue weighted by atomic mass is 16.5. The molecule has 1 aliphatic heterocycles. The highest BCUT2D eigenvalue weighted by Gasteiger charge is 2.25. The van der Waals surface area contributed by atoms with Crippen molar-refractivity contribution < 1.29 is 14.6 Å². The lowest BCUT2D eigenvalue weighted by atomic mass is 10.1. The number of β-amino-alcohol motifs (C(OH)–C–C–N with tert-alkyl or cyclic N) is 1. The molecule has 8 heteroatoms. The fraction of sp³-hybridized carbons (Fsp3) is 0.708. The van der Waals surface area contributed by atoms with Gasteiger partial charge < -0.3 is 30.1 Å². The van der Waals surface area contributed by atoms with Crippen molar-refractivity contribution in [1.82, 2.24) is 20.4 Å². The van der Waals surface area contributed by atoms with Crippen LogP contribution in [0.5, 0.6) is 5.75 Å². The van der Waals surface area contributed by atoms with Gasteiger partial charge in [0, 0.05) is 44.8 Å². The molecule has 1 atom stereocenters. The second-order valence-electron chi connectivity index (χ2n) is 8.42. The maximum Gasteiger partial charge on any atom is 0.191 e. The summed E-state index contributed by atoms with van der Waals surface area (Å²) in [6.45, 7) is 17.3. The van der Waals surface area contributed by atoms with Crippen LogP contribution in [0.3, 0.4) is 0 Å². The van der Waals surface area contributed by atoms with E-state index in [4.69, 9.17) is 14.5 Å². The van der Waals surface area contributed by atoms with Crippen LogP contribution in [-0.4, -0.2) is 98.6 Å². The van der Waals surface area contributed by atoms with Gasteiger partial charge in [-0.15, -0.1) is 0 Å². The van der Waals surface area contributed by atoms with Crippen LogP contribution >= 0.6 is 0 Å². The third-order valence-corrected chi connectivity index (χ3v) is 5.59. The van der Waals surface area contributed by atoms with Crippen LogP contribution in [0, 0.1) is 0 Å². The summed E-state index contributed by atoms with van der Waals surface area (Å²) in [5.41, 5.74) is 0.184. The van der Waals surface area contributed by atoms with E-state index < -0.39 is 5.60 Å². The van der Waals surface area contributed by atoms with Crippen molar-refractivity contribution in [3.8, 4) is 5.75 Å². The average Bonchev–Trinajstić information content (AvgIpc) is 2.79. The molecule has 2 rings (SSSR count). The first-order chi connectivity index (χ1) is 15.5. The molecule has 1 aromatic rings. The van der Waals surface area contributed by atoms with Crippen molar-refractivity contribution in [3.05, 3.63) is 29.8 Å². The molecular formula is C24H43N5O3. The standard InChI is InChI=1S/C24H43N5O3/c1-5-25-23(27-19-24(4,30)20-29-12-15-31-16-13-29)26-18-21-10-8-9-11-22(21)32-17-14-28(6-2)7-3/h8-11,30H,5-7,12-20H2,1-4H3,(H2,25,26,27). The van der Waals surface area contributed by atoms with Gasteiger partial charge in [0.1, 0.15) is 12.4 Å². The summed E-state index contributed by atoms with van der Waals surface area (Å²) in [6, 6.07) is 8.05. The van der Waals surface area contributed by atoms with Gasteiger partial charge in [0.05, 0.1) is 25.4 Å². The van der Waals surface area contributed by atoms with Crippen molar-refractivity contribution in [2.75, 3.05) is 72.2 Å². The summed E-state index contributed by atoms with van der Waals surface area (Å²) in [5.74, 6) is 1.56. The van der Waals surface area contributed by atoms with E-state index in [-0.39, 0.29) is 0 Å².